The first-order valence-corrected chi connectivity index (χ1v) is 16.9. The lowest BCUT2D eigenvalue weighted by Crippen LogP contribution is -2.52. The Morgan fingerprint density at radius 1 is 1.12 bits per heavy atom. The summed E-state index contributed by atoms with van der Waals surface area (Å²) in [5, 5.41) is 32.8. The van der Waals surface area contributed by atoms with Gasteiger partial charge in [-0.15, -0.1) is 0 Å². The molecule has 1 saturated carbocycles. The molecule has 5 rings (SSSR count). The van der Waals surface area contributed by atoms with Gasteiger partial charge >= 0.3 is 0 Å². The van der Waals surface area contributed by atoms with E-state index in [1.165, 1.54) is 0 Å². The molecule has 0 aromatic heterocycles. The lowest BCUT2D eigenvalue weighted by atomic mass is 9.64. The first kappa shape index (κ1) is 31.3. The number of nitrogens with zero attached hydrogens (tertiary/aromatic N) is 1. The Morgan fingerprint density at radius 2 is 1.93 bits per heavy atom. The highest BCUT2D eigenvalue weighted by Crippen LogP contribution is 2.45. The molecule has 0 spiro atoms. The van der Waals surface area contributed by atoms with Crippen LogP contribution >= 0.6 is 11.6 Å². The van der Waals surface area contributed by atoms with Crippen molar-refractivity contribution >= 4 is 27.3 Å². The lowest BCUT2D eigenvalue weighted by molar-refractivity contribution is -0.0769. The van der Waals surface area contributed by atoms with Crippen LogP contribution in [-0.4, -0.2) is 54.3 Å². The predicted octanol–water partition coefficient (Wildman–Crippen LogP) is 4.71. The third kappa shape index (κ3) is 6.66. The number of rotatable bonds is 1. The molecule has 42 heavy (non-hydrogen) atoms. The van der Waals surface area contributed by atoms with Gasteiger partial charge in [-0.3, -0.25) is 0 Å². The van der Waals surface area contributed by atoms with Gasteiger partial charge in [-0.25, -0.2) is 8.42 Å². The molecular weight excluding hydrogens is 576 g/mol. The van der Waals surface area contributed by atoms with Crippen LogP contribution in [0.3, 0.4) is 0 Å². The van der Waals surface area contributed by atoms with Gasteiger partial charge in [0, 0.05) is 18.1 Å². The number of allylic oxidation sites excluding steroid dienone is 1. The van der Waals surface area contributed by atoms with Crippen molar-refractivity contribution in [3.8, 4) is 5.75 Å². The molecule has 2 bridgehead atoms. The summed E-state index contributed by atoms with van der Waals surface area (Å²) in [6.45, 7) is 4.74. The summed E-state index contributed by atoms with van der Waals surface area (Å²) in [4.78, 5) is 2.23. The number of hydrogen-bond donors (Lipinski definition) is 4. The summed E-state index contributed by atoms with van der Waals surface area (Å²) in [5.41, 5.74) is 2.04. The normalized spacial score (nSPS) is 32.7. The van der Waals surface area contributed by atoms with Gasteiger partial charge in [0.1, 0.15) is 24.2 Å². The van der Waals surface area contributed by atoms with Crippen LogP contribution in [0.4, 0.5) is 5.69 Å². The van der Waals surface area contributed by atoms with E-state index in [4.69, 9.17) is 16.3 Å². The molecule has 4 N–H and O–H groups in total. The maximum Gasteiger partial charge on any atom is 0.216 e. The Bertz CT molecular complexity index is 1400. The molecule has 6 atom stereocenters. The van der Waals surface area contributed by atoms with Crippen LogP contribution in [-0.2, 0) is 23.1 Å². The number of benzene rings is 2. The van der Waals surface area contributed by atoms with Crippen molar-refractivity contribution in [3.05, 3.63) is 70.3 Å². The lowest BCUT2D eigenvalue weighted by Gasteiger charge is -2.47. The molecule has 2 aromatic rings. The quantitative estimate of drug-likeness (QED) is 0.342. The average molecular weight is 619 g/mol. The van der Waals surface area contributed by atoms with Crippen LogP contribution in [0.25, 0.3) is 0 Å². The first-order valence-electron chi connectivity index (χ1n) is 15.0. The molecule has 0 radical (unpaired) electrons. The minimum Gasteiger partial charge on any atom is -0.487 e. The number of sulfonamides is 1. The summed E-state index contributed by atoms with van der Waals surface area (Å²) >= 11 is 6.30. The van der Waals surface area contributed by atoms with Crippen LogP contribution in [0.1, 0.15) is 68.9 Å². The van der Waals surface area contributed by atoms with Gasteiger partial charge in [-0.1, -0.05) is 42.8 Å². The number of aliphatic hydroxyl groups is 3. The molecule has 1 aliphatic carbocycles. The number of hydrogen-bond acceptors (Lipinski definition) is 7. The molecule has 0 amide bonds. The van der Waals surface area contributed by atoms with Gasteiger partial charge in [0.15, 0.2) is 0 Å². The third-order valence-electron chi connectivity index (χ3n) is 9.56. The molecule has 3 aliphatic rings. The molecule has 1 fully saturated rings. The largest absolute Gasteiger partial charge is 0.487 e. The number of ether oxygens (including phenoxy) is 1. The number of aliphatic hydroxyl groups excluding tert-OH is 2. The van der Waals surface area contributed by atoms with Gasteiger partial charge in [0.05, 0.1) is 17.5 Å². The van der Waals surface area contributed by atoms with Crippen LogP contribution in [0.15, 0.2) is 48.6 Å². The fourth-order valence-electron chi connectivity index (χ4n) is 6.46. The van der Waals surface area contributed by atoms with Crippen LogP contribution in [0.5, 0.6) is 5.75 Å². The molecule has 1 unspecified atom stereocenters. The summed E-state index contributed by atoms with van der Waals surface area (Å²) in [6, 6.07) is 11.2. The average Bonchev–Trinajstić information content (AvgIpc) is 2.97. The standard InChI is InChI=1S/C32H43ClN2O6S/c1-21-6-5-14-32(38,20-36)28-12-9-25(28)18-35-15-4-3-7-23-16-27(33)11-8-26(23)19-41-30-13-10-24(17-29(30)35)31(37)34-42(39,40)22(21)2/h5,8,10-11,13-14,16-17,21-22,25,28,31,34,36-38H,3-4,6-7,9,12,15,18-20H2,1-2H3/b14-5+/t21-,22+,25-,28+,31?,32+/m0/s1. The van der Waals surface area contributed by atoms with E-state index in [-0.39, 0.29) is 17.8 Å². The van der Waals surface area contributed by atoms with Crippen molar-refractivity contribution in [3.63, 3.8) is 0 Å². The van der Waals surface area contributed by atoms with Crippen molar-refractivity contribution in [1.29, 1.82) is 0 Å². The van der Waals surface area contributed by atoms with Crippen LogP contribution < -0.4 is 14.4 Å². The smallest absolute Gasteiger partial charge is 0.216 e. The van der Waals surface area contributed by atoms with Crippen molar-refractivity contribution in [2.45, 2.75) is 76.1 Å². The minimum atomic E-state index is -3.88. The maximum absolute atomic E-state index is 13.2. The summed E-state index contributed by atoms with van der Waals surface area (Å²) < 4.78 is 35.3. The monoisotopic (exact) mass is 618 g/mol. The summed E-state index contributed by atoms with van der Waals surface area (Å²) in [7, 11) is -3.88. The van der Waals surface area contributed by atoms with E-state index < -0.39 is 33.7 Å². The second-order valence-corrected chi connectivity index (χ2v) is 14.8. The number of halogens is 1. The molecule has 0 saturated heterocycles. The number of fused-ring (bicyclic) bond motifs is 3. The van der Waals surface area contributed by atoms with Gasteiger partial charge in [-0.2, -0.15) is 4.72 Å². The summed E-state index contributed by atoms with van der Waals surface area (Å²) in [6.07, 6.45) is 6.86. The zero-order valence-corrected chi connectivity index (χ0v) is 25.9. The molecule has 2 heterocycles. The molecule has 2 aromatic carbocycles. The third-order valence-corrected chi connectivity index (χ3v) is 11.8. The summed E-state index contributed by atoms with van der Waals surface area (Å²) in [5.74, 6) is 0.352. The number of nitrogens with one attached hydrogen (secondary N) is 1. The minimum absolute atomic E-state index is 0.132. The van der Waals surface area contributed by atoms with Gasteiger partial charge < -0.3 is 25.0 Å². The highest BCUT2D eigenvalue weighted by atomic mass is 35.5. The van der Waals surface area contributed by atoms with Crippen molar-refractivity contribution in [2.24, 2.45) is 17.8 Å². The Labute approximate surface area is 254 Å². The fourth-order valence-corrected chi connectivity index (χ4v) is 8.04. The SMILES string of the molecule is C[C@@H]1[C@@H](C)C/C=C/[C@@](O)(CO)[C@@H]2CC[C@H]2CN2CCCCc3cc(Cl)ccc3COc3ccc(cc32)C(O)NS1(=O)=O. The second-order valence-electron chi connectivity index (χ2n) is 12.3. The topological polar surface area (TPSA) is 119 Å². The Morgan fingerprint density at radius 3 is 2.67 bits per heavy atom. The van der Waals surface area contributed by atoms with E-state index in [0.29, 0.717) is 42.5 Å². The van der Waals surface area contributed by atoms with Crippen molar-refractivity contribution in [1.82, 2.24) is 4.72 Å². The van der Waals surface area contributed by atoms with Crippen molar-refractivity contribution in [2.75, 3.05) is 24.6 Å². The Balaban J connectivity index is 1.56. The predicted molar refractivity (Wildman–Crippen MR) is 165 cm³/mol. The zero-order valence-electron chi connectivity index (χ0n) is 24.4. The van der Waals surface area contributed by atoms with E-state index >= 15 is 0 Å². The fraction of sp³-hybridized carbons (Fsp3) is 0.562. The van der Waals surface area contributed by atoms with Crippen LogP contribution in [0, 0.1) is 17.8 Å². The van der Waals surface area contributed by atoms with E-state index in [2.05, 4.69) is 9.62 Å². The van der Waals surface area contributed by atoms with E-state index in [1.807, 2.05) is 31.2 Å². The molecule has 10 heteroatoms. The zero-order chi connectivity index (χ0) is 30.1. The molecule has 2 aliphatic heterocycles. The highest BCUT2D eigenvalue weighted by molar-refractivity contribution is 7.90. The van der Waals surface area contributed by atoms with E-state index in [1.54, 1.807) is 31.2 Å². The Hall–Kier alpha value is -2.14. The molecule has 8 nitrogen and oxygen atoms in total. The van der Waals surface area contributed by atoms with Crippen LogP contribution in [0.2, 0.25) is 5.02 Å². The molecule has 230 valence electrons. The van der Waals surface area contributed by atoms with E-state index in [0.717, 1.165) is 48.9 Å². The maximum atomic E-state index is 13.2. The highest BCUT2D eigenvalue weighted by Gasteiger charge is 2.45. The van der Waals surface area contributed by atoms with Crippen molar-refractivity contribution < 1.29 is 28.5 Å². The second kappa shape index (κ2) is 12.8. The Kier molecular flexibility index (Phi) is 9.57. The number of aryl methyl sites for hydroxylation is 1. The van der Waals surface area contributed by atoms with Gasteiger partial charge in [0.2, 0.25) is 10.0 Å². The van der Waals surface area contributed by atoms with Gasteiger partial charge in [0.25, 0.3) is 0 Å². The van der Waals surface area contributed by atoms with Gasteiger partial charge in [-0.05, 0) is 104 Å². The molecular formula is C32H43ClN2O6S. The first-order chi connectivity index (χ1) is 20.0. The number of anilines is 1. The van der Waals surface area contributed by atoms with E-state index in [9.17, 15) is 23.7 Å².